The summed E-state index contributed by atoms with van der Waals surface area (Å²) in [7, 11) is 1.81. The van der Waals surface area contributed by atoms with Crippen molar-refractivity contribution in [3.05, 3.63) is 34.9 Å². The number of aliphatic imine (C=N–C) groups is 1. The average Bonchev–Trinajstić information content (AvgIpc) is 2.64. The molecule has 0 aromatic heterocycles. The van der Waals surface area contributed by atoms with Gasteiger partial charge in [-0.15, -0.1) is 0 Å². The van der Waals surface area contributed by atoms with Gasteiger partial charge >= 0.3 is 0 Å². The fraction of sp³-hybridized carbons (Fsp3) is 0.632. The Hall–Kier alpha value is -1.30. The average molecular weight is 366 g/mol. The van der Waals surface area contributed by atoms with Gasteiger partial charge in [0.05, 0.1) is 0 Å². The van der Waals surface area contributed by atoms with Gasteiger partial charge in [0.15, 0.2) is 5.96 Å². The van der Waals surface area contributed by atoms with E-state index in [2.05, 4.69) is 39.3 Å². The van der Waals surface area contributed by atoms with Crippen molar-refractivity contribution in [2.75, 3.05) is 52.9 Å². The van der Waals surface area contributed by atoms with Crippen molar-refractivity contribution in [2.24, 2.45) is 10.9 Å². The number of nitrogens with one attached hydrogen (secondary N) is 2. The summed E-state index contributed by atoms with van der Waals surface area (Å²) in [5.74, 6) is 1.43. The third kappa shape index (κ3) is 7.22. The summed E-state index contributed by atoms with van der Waals surface area (Å²) in [4.78, 5) is 9.40. The van der Waals surface area contributed by atoms with Gasteiger partial charge in [-0.3, -0.25) is 4.99 Å². The molecule has 0 saturated carbocycles. The molecule has 2 N–H and O–H groups in total. The summed E-state index contributed by atoms with van der Waals surface area (Å²) < 4.78 is 0. The van der Waals surface area contributed by atoms with Gasteiger partial charge in [-0.1, -0.05) is 37.6 Å². The van der Waals surface area contributed by atoms with E-state index in [-0.39, 0.29) is 0 Å². The molecule has 1 fully saturated rings. The lowest BCUT2D eigenvalue weighted by Crippen LogP contribution is -2.48. The van der Waals surface area contributed by atoms with Crippen LogP contribution in [0.1, 0.15) is 19.4 Å². The van der Waals surface area contributed by atoms with Crippen LogP contribution in [0.15, 0.2) is 29.3 Å². The van der Waals surface area contributed by atoms with Gasteiger partial charge in [0, 0.05) is 57.9 Å². The molecular weight excluding hydrogens is 334 g/mol. The van der Waals surface area contributed by atoms with Crippen molar-refractivity contribution < 1.29 is 0 Å². The number of rotatable bonds is 7. The van der Waals surface area contributed by atoms with E-state index in [4.69, 9.17) is 11.6 Å². The van der Waals surface area contributed by atoms with Gasteiger partial charge in [-0.2, -0.15) is 0 Å². The topological polar surface area (TPSA) is 42.9 Å². The van der Waals surface area contributed by atoms with Gasteiger partial charge < -0.3 is 20.4 Å². The Morgan fingerprint density at radius 3 is 2.36 bits per heavy atom. The Morgan fingerprint density at radius 2 is 1.76 bits per heavy atom. The van der Waals surface area contributed by atoms with Crippen LogP contribution in [0, 0.1) is 5.92 Å². The SMILES string of the molecule is CCN1CCN(CC(C)CNC(=NC)NCc2ccc(Cl)cc2)CC1. The molecule has 0 bridgehead atoms. The summed E-state index contributed by atoms with van der Waals surface area (Å²) in [6.07, 6.45) is 0. The molecule has 25 heavy (non-hydrogen) atoms. The van der Waals surface area contributed by atoms with Crippen LogP contribution >= 0.6 is 11.6 Å². The quantitative estimate of drug-likeness (QED) is 0.574. The molecule has 1 saturated heterocycles. The van der Waals surface area contributed by atoms with Crippen LogP contribution in [0.25, 0.3) is 0 Å². The van der Waals surface area contributed by atoms with E-state index in [0.717, 1.165) is 30.6 Å². The Morgan fingerprint density at radius 1 is 1.12 bits per heavy atom. The maximum atomic E-state index is 5.92. The Kier molecular flexibility index (Phi) is 8.52. The second kappa shape index (κ2) is 10.6. The fourth-order valence-electron chi connectivity index (χ4n) is 3.07. The van der Waals surface area contributed by atoms with E-state index >= 15 is 0 Å². The minimum Gasteiger partial charge on any atom is -0.356 e. The molecule has 1 aliphatic heterocycles. The number of hydrogen-bond acceptors (Lipinski definition) is 3. The van der Waals surface area contributed by atoms with E-state index in [0.29, 0.717) is 5.92 Å². The first-order valence-corrected chi connectivity index (χ1v) is 9.62. The molecule has 1 atom stereocenters. The first kappa shape index (κ1) is 20.0. The normalized spacial score (nSPS) is 18.2. The first-order valence-electron chi connectivity index (χ1n) is 9.24. The van der Waals surface area contributed by atoms with E-state index in [9.17, 15) is 0 Å². The van der Waals surface area contributed by atoms with Crippen LogP contribution < -0.4 is 10.6 Å². The van der Waals surface area contributed by atoms with Crippen LogP contribution in [0.3, 0.4) is 0 Å². The van der Waals surface area contributed by atoms with Crippen molar-refractivity contribution in [3.63, 3.8) is 0 Å². The molecule has 2 rings (SSSR count). The van der Waals surface area contributed by atoms with Gasteiger partial charge in [0.25, 0.3) is 0 Å². The van der Waals surface area contributed by atoms with E-state index in [1.165, 1.54) is 38.3 Å². The van der Waals surface area contributed by atoms with Crippen molar-refractivity contribution in [3.8, 4) is 0 Å². The molecule has 1 unspecified atom stereocenters. The molecular formula is C19H32ClN5. The van der Waals surface area contributed by atoms with E-state index < -0.39 is 0 Å². The first-order chi connectivity index (χ1) is 12.1. The molecule has 1 aliphatic rings. The zero-order valence-electron chi connectivity index (χ0n) is 15.8. The molecule has 1 aromatic rings. The molecule has 0 radical (unpaired) electrons. The van der Waals surface area contributed by atoms with Gasteiger partial charge in [-0.05, 0) is 30.2 Å². The number of likely N-dealkylation sites (N-methyl/N-ethyl adjacent to an activating group) is 1. The minimum atomic E-state index is 0.585. The lowest BCUT2D eigenvalue weighted by atomic mass is 10.1. The number of nitrogens with zero attached hydrogens (tertiary/aromatic N) is 3. The predicted molar refractivity (Wildman–Crippen MR) is 107 cm³/mol. The van der Waals surface area contributed by atoms with Crippen LogP contribution in [-0.4, -0.2) is 68.6 Å². The summed E-state index contributed by atoms with van der Waals surface area (Å²) >= 11 is 5.92. The molecule has 1 aromatic carbocycles. The highest BCUT2D eigenvalue weighted by Crippen LogP contribution is 2.09. The third-order valence-corrected chi connectivity index (χ3v) is 4.95. The van der Waals surface area contributed by atoms with E-state index in [1.54, 1.807) is 0 Å². The summed E-state index contributed by atoms with van der Waals surface area (Å²) in [5.41, 5.74) is 1.19. The smallest absolute Gasteiger partial charge is 0.191 e. The number of hydrogen-bond donors (Lipinski definition) is 2. The maximum absolute atomic E-state index is 5.92. The number of benzene rings is 1. The van der Waals surface area contributed by atoms with Crippen molar-refractivity contribution in [2.45, 2.75) is 20.4 Å². The lowest BCUT2D eigenvalue weighted by molar-refractivity contribution is 0.124. The predicted octanol–water partition coefficient (Wildman–Crippen LogP) is 2.28. The molecule has 5 nitrogen and oxygen atoms in total. The molecule has 0 spiro atoms. The number of guanidine groups is 1. The maximum Gasteiger partial charge on any atom is 0.191 e. The Bertz CT molecular complexity index is 523. The summed E-state index contributed by atoms with van der Waals surface area (Å²) in [6.45, 7) is 13.3. The van der Waals surface area contributed by atoms with Crippen molar-refractivity contribution in [1.82, 2.24) is 20.4 Å². The van der Waals surface area contributed by atoms with Crippen molar-refractivity contribution in [1.29, 1.82) is 0 Å². The summed E-state index contributed by atoms with van der Waals surface area (Å²) in [5, 5.41) is 7.55. The minimum absolute atomic E-state index is 0.585. The molecule has 1 heterocycles. The third-order valence-electron chi connectivity index (χ3n) is 4.70. The van der Waals surface area contributed by atoms with E-state index in [1.807, 2.05) is 31.3 Å². The van der Waals surface area contributed by atoms with Gasteiger partial charge in [0.2, 0.25) is 0 Å². The highest BCUT2D eigenvalue weighted by Gasteiger charge is 2.17. The van der Waals surface area contributed by atoms with Crippen LogP contribution in [0.4, 0.5) is 0 Å². The van der Waals surface area contributed by atoms with Gasteiger partial charge in [0.1, 0.15) is 0 Å². The monoisotopic (exact) mass is 365 g/mol. The molecule has 0 amide bonds. The Labute approximate surface area is 157 Å². The molecule has 140 valence electrons. The summed E-state index contributed by atoms with van der Waals surface area (Å²) in [6, 6.07) is 7.88. The zero-order valence-corrected chi connectivity index (χ0v) is 16.5. The zero-order chi connectivity index (χ0) is 18.1. The van der Waals surface area contributed by atoms with Crippen LogP contribution in [0.2, 0.25) is 5.02 Å². The highest BCUT2D eigenvalue weighted by atomic mass is 35.5. The largest absolute Gasteiger partial charge is 0.356 e. The number of halogens is 1. The second-order valence-corrected chi connectivity index (χ2v) is 7.21. The fourth-order valence-corrected chi connectivity index (χ4v) is 3.20. The second-order valence-electron chi connectivity index (χ2n) is 6.77. The van der Waals surface area contributed by atoms with Crippen molar-refractivity contribution >= 4 is 17.6 Å². The highest BCUT2D eigenvalue weighted by molar-refractivity contribution is 6.30. The lowest BCUT2D eigenvalue weighted by Gasteiger charge is -2.35. The number of piperazine rings is 1. The molecule has 6 heteroatoms. The Balaban J connectivity index is 1.66. The van der Waals surface area contributed by atoms with Crippen LogP contribution in [0.5, 0.6) is 0 Å². The van der Waals surface area contributed by atoms with Gasteiger partial charge in [-0.25, -0.2) is 0 Å². The standard InChI is InChI=1S/C19H32ClN5/c1-4-24-9-11-25(12-10-24)15-16(2)13-22-19(21-3)23-14-17-5-7-18(20)8-6-17/h5-8,16H,4,9-15H2,1-3H3,(H2,21,22,23). The van der Waals surface area contributed by atoms with Crippen LogP contribution in [-0.2, 0) is 6.54 Å². The molecule has 0 aliphatic carbocycles.